The fraction of sp³-hybridized carbons (Fsp3) is 0.647. The SMILES string of the molecule is CCCCOCCCNCc1ccc(OC(C)C)c(Br)c1. The maximum atomic E-state index is 5.71. The largest absolute Gasteiger partial charge is 0.490 e. The Hall–Kier alpha value is -0.580. The smallest absolute Gasteiger partial charge is 0.133 e. The van der Waals surface area contributed by atoms with E-state index in [1.807, 2.05) is 19.9 Å². The number of halogens is 1. The molecule has 0 aliphatic heterocycles. The van der Waals surface area contributed by atoms with Crippen LogP contribution in [0.1, 0.15) is 45.6 Å². The zero-order valence-corrected chi connectivity index (χ0v) is 15.0. The van der Waals surface area contributed by atoms with Crippen LogP contribution in [0.25, 0.3) is 0 Å². The molecule has 0 spiro atoms. The highest BCUT2D eigenvalue weighted by Gasteiger charge is 2.04. The standard InChI is InChI=1S/C17H28BrNO2/c1-4-5-10-20-11-6-9-19-13-15-7-8-17(16(18)12-15)21-14(2)3/h7-8,12,14,19H,4-6,9-11,13H2,1-3H3. The van der Waals surface area contributed by atoms with Crippen LogP contribution >= 0.6 is 15.9 Å². The summed E-state index contributed by atoms with van der Waals surface area (Å²) in [5.41, 5.74) is 1.25. The molecule has 0 unspecified atom stereocenters. The van der Waals surface area contributed by atoms with Crippen LogP contribution in [0, 0.1) is 0 Å². The molecular formula is C17H28BrNO2. The van der Waals surface area contributed by atoms with Crippen LogP contribution in [0.4, 0.5) is 0 Å². The normalized spacial score (nSPS) is 11.1. The highest BCUT2D eigenvalue weighted by atomic mass is 79.9. The molecule has 0 saturated carbocycles. The molecule has 120 valence electrons. The molecule has 1 aromatic rings. The lowest BCUT2D eigenvalue weighted by Gasteiger charge is -2.13. The summed E-state index contributed by atoms with van der Waals surface area (Å²) in [4.78, 5) is 0. The Kier molecular flexibility index (Phi) is 9.72. The van der Waals surface area contributed by atoms with E-state index in [0.29, 0.717) is 0 Å². The molecule has 0 aliphatic carbocycles. The van der Waals surface area contributed by atoms with Gasteiger partial charge in [0.25, 0.3) is 0 Å². The van der Waals surface area contributed by atoms with Gasteiger partial charge in [0.05, 0.1) is 10.6 Å². The van der Waals surface area contributed by atoms with Crippen molar-refractivity contribution < 1.29 is 9.47 Å². The maximum absolute atomic E-state index is 5.71. The second kappa shape index (κ2) is 11.0. The summed E-state index contributed by atoms with van der Waals surface area (Å²) in [6.07, 6.45) is 3.60. The Morgan fingerprint density at radius 3 is 2.62 bits per heavy atom. The maximum Gasteiger partial charge on any atom is 0.133 e. The van der Waals surface area contributed by atoms with E-state index in [-0.39, 0.29) is 6.10 Å². The van der Waals surface area contributed by atoms with E-state index in [9.17, 15) is 0 Å². The average molecular weight is 358 g/mol. The topological polar surface area (TPSA) is 30.5 Å². The van der Waals surface area contributed by atoms with Crippen molar-refractivity contribution in [2.24, 2.45) is 0 Å². The highest BCUT2D eigenvalue weighted by molar-refractivity contribution is 9.10. The Labute approximate surface area is 137 Å². The van der Waals surface area contributed by atoms with Gasteiger partial charge in [0.15, 0.2) is 0 Å². The van der Waals surface area contributed by atoms with Gasteiger partial charge in [-0.3, -0.25) is 0 Å². The Balaban J connectivity index is 2.19. The molecule has 4 heteroatoms. The van der Waals surface area contributed by atoms with Gasteiger partial charge in [-0.2, -0.15) is 0 Å². The second-order valence-electron chi connectivity index (χ2n) is 5.43. The molecule has 0 aliphatic rings. The second-order valence-corrected chi connectivity index (χ2v) is 6.28. The van der Waals surface area contributed by atoms with Crippen LogP contribution in [-0.2, 0) is 11.3 Å². The van der Waals surface area contributed by atoms with Crippen LogP contribution in [0.2, 0.25) is 0 Å². The van der Waals surface area contributed by atoms with E-state index < -0.39 is 0 Å². The number of benzene rings is 1. The summed E-state index contributed by atoms with van der Waals surface area (Å²) in [5.74, 6) is 0.901. The molecule has 1 N–H and O–H groups in total. The number of hydrogen-bond donors (Lipinski definition) is 1. The summed E-state index contributed by atoms with van der Waals surface area (Å²) >= 11 is 3.56. The third-order valence-corrected chi connectivity index (χ3v) is 3.59. The van der Waals surface area contributed by atoms with Gasteiger partial charge in [-0.1, -0.05) is 19.4 Å². The lowest BCUT2D eigenvalue weighted by atomic mass is 10.2. The minimum Gasteiger partial charge on any atom is -0.490 e. The third kappa shape index (κ3) is 8.44. The molecule has 3 nitrogen and oxygen atoms in total. The van der Waals surface area contributed by atoms with Gasteiger partial charge in [-0.25, -0.2) is 0 Å². The van der Waals surface area contributed by atoms with Crippen molar-refractivity contribution in [2.45, 2.75) is 52.7 Å². The number of nitrogens with one attached hydrogen (secondary N) is 1. The fourth-order valence-corrected chi connectivity index (χ4v) is 2.40. The first-order valence-corrected chi connectivity index (χ1v) is 8.66. The van der Waals surface area contributed by atoms with Crippen LogP contribution in [0.15, 0.2) is 22.7 Å². The van der Waals surface area contributed by atoms with Crippen molar-refractivity contribution in [2.75, 3.05) is 19.8 Å². The molecule has 0 heterocycles. The van der Waals surface area contributed by atoms with Crippen LogP contribution in [0.5, 0.6) is 5.75 Å². The van der Waals surface area contributed by atoms with Gasteiger partial charge in [-0.15, -0.1) is 0 Å². The van der Waals surface area contributed by atoms with E-state index in [0.717, 1.165) is 49.4 Å². The van der Waals surface area contributed by atoms with Gasteiger partial charge in [0.1, 0.15) is 5.75 Å². The van der Waals surface area contributed by atoms with E-state index in [4.69, 9.17) is 9.47 Å². The van der Waals surface area contributed by atoms with Crippen LogP contribution in [0.3, 0.4) is 0 Å². The first-order chi connectivity index (χ1) is 10.1. The summed E-state index contributed by atoms with van der Waals surface area (Å²) in [6, 6.07) is 6.24. The molecule has 1 rings (SSSR count). The Morgan fingerprint density at radius 1 is 1.19 bits per heavy atom. The van der Waals surface area contributed by atoms with E-state index in [2.05, 4.69) is 40.3 Å². The van der Waals surface area contributed by atoms with E-state index in [1.165, 1.54) is 12.0 Å². The minimum atomic E-state index is 0.193. The molecule has 0 bridgehead atoms. The van der Waals surface area contributed by atoms with Crippen LogP contribution < -0.4 is 10.1 Å². The van der Waals surface area contributed by atoms with E-state index in [1.54, 1.807) is 0 Å². The lowest BCUT2D eigenvalue weighted by molar-refractivity contribution is 0.129. The van der Waals surface area contributed by atoms with Gasteiger partial charge < -0.3 is 14.8 Å². The van der Waals surface area contributed by atoms with Crippen molar-refractivity contribution >= 4 is 15.9 Å². The lowest BCUT2D eigenvalue weighted by Crippen LogP contribution is -2.16. The summed E-state index contributed by atoms with van der Waals surface area (Å²) < 4.78 is 12.3. The van der Waals surface area contributed by atoms with Gasteiger partial charge in [0.2, 0.25) is 0 Å². The molecule has 0 amide bonds. The monoisotopic (exact) mass is 357 g/mol. The molecule has 0 fully saturated rings. The van der Waals surface area contributed by atoms with Crippen molar-refractivity contribution in [3.8, 4) is 5.75 Å². The quantitative estimate of drug-likeness (QED) is 0.590. The fourth-order valence-electron chi connectivity index (χ4n) is 1.88. The molecule has 0 aromatic heterocycles. The molecule has 0 radical (unpaired) electrons. The van der Waals surface area contributed by atoms with Gasteiger partial charge in [0, 0.05) is 19.8 Å². The molecule has 0 atom stereocenters. The number of ether oxygens (including phenoxy) is 2. The summed E-state index contributed by atoms with van der Waals surface area (Å²) in [7, 11) is 0. The van der Waals surface area contributed by atoms with Gasteiger partial charge >= 0.3 is 0 Å². The predicted octanol–water partition coefficient (Wildman–Crippen LogP) is 4.53. The first-order valence-electron chi connectivity index (χ1n) is 7.87. The van der Waals surface area contributed by atoms with Crippen molar-refractivity contribution in [1.82, 2.24) is 5.32 Å². The predicted molar refractivity (Wildman–Crippen MR) is 92.0 cm³/mol. The molecular weight excluding hydrogens is 330 g/mol. The zero-order valence-electron chi connectivity index (χ0n) is 13.5. The van der Waals surface area contributed by atoms with E-state index >= 15 is 0 Å². The minimum absolute atomic E-state index is 0.193. The molecule has 21 heavy (non-hydrogen) atoms. The van der Waals surface area contributed by atoms with Crippen LogP contribution in [-0.4, -0.2) is 25.9 Å². The first kappa shape index (κ1) is 18.5. The van der Waals surface area contributed by atoms with Crippen molar-refractivity contribution in [3.63, 3.8) is 0 Å². The van der Waals surface area contributed by atoms with Crippen molar-refractivity contribution in [1.29, 1.82) is 0 Å². The average Bonchev–Trinajstić information content (AvgIpc) is 2.44. The van der Waals surface area contributed by atoms with Crippen molar-refractivity contribution in [3.05, 3.63) is 28.2 Å². The molecule has 0 saturated heterocycles. The number of unbranched alkanes of at least 4 members (excludes halogenated alkanes) is 1. The zero-order chi connectivity index (χ0) is 15.5. The summed E-state index contributed by atoms with van der Waals surface area (Å²) in [6.45, 7) is 9.83. The molecule has 1 aromatic carbocycles. The number of rotatable bonds is 11. The Bertz CT molecular complexity index is 396. The number of hydrogen-bond acceptors (Lipinski definition) is 3. The van der Waals surface area contributed by atoms with Gasteiger partial charge in [-0.05, 0) is 66.9 Å². The third-order valence-electron chi connectivity index (χ3n) is 2.97. The Morgan fingerprint density at radius 2 is 1.95 bits per heavy atom. The highest BCUT2D eigenvalue weighted by Crippen LogP contribution is 2.26. The summed E-state index contributed by atoms with van der Waals surface area (Å²) in [5, 5.41) is 3.44.